The van der Waals surface area contributed by atoms with Crippen molar-refractivity contribution < 1.29 is 13.2 Å². The highest BCUT2D eigenvalue weighted by Gasteiger charge is 2.19. The van der Waals surface area contributed by atoms with E-state index in [0.29, 0.717) is 5.69 Å². The van der Waals surface area contributed by atoms with Crippen LogP contribution < -0.4 is 5.32 Å². The summed E-state index contributed by atoms with van der Waals surface area (Å²) in [5.74, 6) is -0.368. The molecule has 0 saturated heterocycles. The number of halogens is 2. The van der Waals surface area contributed by atoms with Crippen LogP contribution in [0.25, 0.3) is 0 Å². The number of benzene rings is 2. The maximum Gasteiger partial charge on any atom is 0.257 e. The van der Waals surface area contributed by atoms with Crippen molar-refractivity contribution in [1.82, 2.24) is 4.98 Å². The first-order valence-corrected chi connectivity index (χ1v) is 10.5. The Labute approximate surface area is 167 Å². The Morgan fingerprint density at radius 3 is 1.96 bits per heavy atom. The Bertz CT molecular complexity index is 1030. The van der Waals surface area contributed by atoms with E-state index in [9.17, 15) is 13.2 Å². The summed E-state index contributed by atoms with van der Waals surface area (Å²) in [6, 6.07) is 16.2. The maximum absolute atomic E-state index is 12.6. The number of anilines is 1. The van der Waals surface area contributed by atoms with Crippen molar-refractivity contribution in [2.24, 2.45) is 0 Å². The molecule has 0 saturated carbocycles. The molecular weight excluding hydrogens is 484 g/mol. The molecule has 1 amide bonds. The maximum atomic E-state index is 12.6. The number of nitrogens with one attached hydrogen (secondary N) is 1. The molecule has 0 bridgehead atoms. The fourth-order valence-electron chi connectivity index (χ4n) is 2.14. The zero-order valence-corrected chi connectivity index (χ0v) is 17.2. The monoisotopic (exact) mass is 494 g/mol. The molecule has 1 aromatic heterocycles. The summed E-state index contributed by atoms with van der Waals surface area (Å²) in [5, 5.41) is 2.62. The highest BCUT2D eigenvalue weighted by Crippen LogP contribution is 2.21. The van der Waals surface area contributed by atoms with Gasteiger partial charge in [-0.1, -0.05) is 31.9 Å². The molecule has 0 aliphatic rings. The normalized spacial score (nSPS) is 11.2. The van der Waals surface area contributed by atoms with Crippen LogP contribution in [0.2, 0.25) is 0 Å². The summed E-state index contributed by atoms with van der Waals surface area (Å²) in [6.07, 6.45) is 1.25. The van der Waals surface area contributed by atoms with Crippen LogP contribution in [0.3, 0.4) is 0 Å². The molecule has 0 unspecified atom stereocenters. The molecule has 1 N–H and O–H groups in total. The fourth-order valence-corrected chi connectivity index (χ4v) is 3.85. The van der Waals surface area contributed by atoms with Crippen molar-refractivity contribution in [1.29, 1.82) is 0 Å². The van der Waals surface area contributed by atoms with E-state index in [2.05, 4.69) is 42.2 Å². The van der Waals surface area contributed by atoms with E-state index in [1.807, 2.05) is 12.1 Å². The first-order valence-electron chi connectivity index (χ1n) is 7.40. The topological polar surface area (TPSA) is 76.1 Å². The van der Waals surface area contributed by atoms with Gasteiger partial charge in [-0.05, 0) is 60.7 Å². The molecule has 3 aromatic rings. The Hall–Kier alpha value is -2.03. The second kappa shape index (κ2) is 7.69. The van der Waals surface area contributed by atoms with Crippen LogP contribution in [0.15, 0.2) is 85.7 Å². The number of pyridine rings is 1. The lowest BCUT2D eigenvalue weighted by molar-refractivity contribution is 0.102. The average Bonchev–Trinajstić information content (AvgIpc) is 2.64. The SMILES string of the molecule is O=C(Nc1ccc(Br)cc1)c1ccc(S(=O)(=O)c2ccc(Br)cc2)nc1. The molecule has 0 atom stereocenters. The molecule has 0 spiro atoms. The molecule has 5 nitrogen and oxygen atoms in total. The molecule has 0 aliphatic carbocycles. The molecule has 0 fully saturated rings. The van der Waals surface area contributed by atoms with Crippen LogP contribution in [-0.2, 0) is 9.84 Å². The molecular formula is C18H12Br2N2O3S. The molecule has 3 rings (SSSR count). The van der Waals surface area contributed by atoms with E-state index in [4.69, 9.17) is 0 Å². The summed E-state index contributed by atoms with van der Waals surface area (Å²) in [6.45, 7) is 0. The van der Waals surface area contributed by atoms with Crippen molar-refractivity contribution in [2.45, 2.75) is 9.92 Å². The van der Waals surface area contributed by atoms with Crippen LogP contribution >= 0.6 is 31.9 Å². The number of amides is 1. The van der Waals surface area contributed by atoms with Crippen LogP contribution in [0.5, 0.6) is 0 Å². The lowest BCUT2D eigenvalue weighted by atomic mass is 10.2. The van der Waals surface area contributed by atoms with Crippen LogP contribution in [0.1, 0.15) is 10.4 Å². The van der Waals surface area contributed by atoms with E-state index in [1.165, 1.54) is 30.5 Å². The second-order valence-electron chi connectivity index (χ2n) is 5.30. The summed E-state index contributed by atoms with van der Waals surface area (Å²) in [4.78, 5) is 16.3. The largest absolute Gasteiger partial charge is 0.322 e. The van der Waals surface area contributed by atoms with Crippen molar-refractivity contribution in [3.63, 3.8) is 0 Å². The lowest BCUT2D eigenvalue weighted by Crippen LogP contribution is -2.13. The first kappa shape index (κ1) is 18.8. The van der Waals surface area contributed by atoms with Crippen molar-refractivity contribution >= 4 is 53.3 Å². The zero-order chi connectivity index (χ0) is 18.7. The second-order valence-corrected chi connectivity index (χ2v) is 9.03. The van der Waals surface area contributed by atoms with Gasteiger partial charge in [0.1, 0.15) is 0 Å². The van der Waals surface area contributed by atoms with Gasteiger partial charge < -0.3 is 5.32 Å². The Morgan fingerprint density at radius 2 is 1.42 bits per heavy atom. The molecule has 26 heavy (non-hydrogen) atoms. The van der Waals surface area contributed by atoms with Gasteiger partial charge in [0, 0.05) is 20.8 Å². The van der Waals surface area contributed by atoms with Gasteiger partial charge in [0.2, 0.25) is 9.84 Å². The highest BCUT2D eigenvalue weighted by atomic mass is 79.9. The number of carbonyl (C=O) groups excluding carboxylic acids is 1. The van der Waals surface area contributed by atoms with Gasteiger partial charge in [-0.25, -0.2) is 13.4 Å². The Balaban J connectivity index is 1.80. The molecule has 1 heterocycles. The van der Waals surface area contributed by atoms with Gasteiger partial charge in [0.15, 0.2) is 5.03 Å². The quantitative estimate of drug-likeness (QED) is 0.569. The zero-order valence-electron chi connectivity index (χ0n) is 13.2. The van der Waals surface area contributed by atoms with E-state index >= 15 is 0 Å². The number of aromatic nitrogens is 1. The molecule has 8 heteroatoms. The van der Waals surface area contributed by atoms with Crippen LogP contribution in [0, 0.1) is 0 Å². The predicted octanol–water partition coefficient (Wildman–Crippen LogP) is 4.69. The number of hydrogen-bond donors (Lipinski definition) is 1. The first-order chi connectivity index (χ1) is 12.4. The van der Waals surface area contributed by atoms with Crippen molar-refractivity contribution in [2.75, 3.05) is 5.32 Å². The van der Waals surface area contributed by atoms with E-state index < -0.39 is 9.84 Å². The minimum Gasteiger partial charge on any atom is -0.322 e. The van der Waals surface area contributed by atoms with Gasteiger partial charge in [-0.15, -0.1) is 0 Å². The Morgan fingerprint density at radius 1 is 0.846 bits per heavy atom. The summed E-state index contributed by atoms with van der Waals surface area (Å²) < 4.78 is 26.8. The smallest absolute Gasteiger partial charge is 0.257 e. The minimum atomic E-state index is -3.73. The third-order valence-corrected chi connectivity index (χ3v) is 6.24. The van der Waals surface area contributed by atoms with Gasteiger partial charge >= 0.3 is 0 Å². The van der Waals surface area contributed by atoms with Crippen molar-refractivity contribution in [3.05, 3.63) is 81.4 Å². The third kappa shape index (κ3) is 4.20. The van der Waals surface area contributed by atoms with Crippen LogP contribution in [-0.4, -0.2) is 19.3 Å². The molecule has 2 aromatic carbocycles. The summed E-state index contributed by atoms with van der Waals surface area (Å²) >= 11 is 6.59. The van der Waals surface area contributed by atoms with Gasteiger partial charge in [-0.2, -0.15) is 0 Å². The van der Waals surface area contributed by atoms with E-state index in [-0.39, 0.29) is 21.4 Å². The highest BCUT2D eigenvalue weighted by molar-refractivity contribution is 9.10. The summed E-state index contributed by atoms with van der Waals surface area (Å²) in [5.41, 5.74) is 0.896. The Kier molecular flexibility index (Phi) is 5.55. The summed E-state index contributed by atoms with van der Waals surface area (Å²) in [7, 11) is -3.73. The number of hydrogen-bond acceptors (Lipinski definition) is 4. The number of sulfone groups is 1. The number of nitrogens with zero attached hydrogens (tertiary/aromatic N) is 1. The average molecular weight is 496 g/mol. The van der Waals surface area contributed by atoms with Crippen molar-refractivity contribution in [3.8, 4) is 0 Å². The molecule has 132 valence electrons. The molecule has 0 aliphatic heterocycles. The number of carbonyl (C=O) groups is 1. The van der Waals surface area contributed by atoms with Gasteiger partial charge in [0.05, 0.1) is 10.5 Å². The molecule has 0 radical (unpaired) electrons. The number of rotatable bonds is 4. The predicted molar refractivity (Wildman–Crippen MR) is 106 cm³/mol. The lowest BCUT2D eigenvalue weighted by Gasteiger charge is -2.07. The van der Waals surface area contributed by atoms with Gasteiger partial charge in [-0.3, -0.25) is 4.79 Å². The third-order valence-electron chi connectivity index (χ3n) is 3.50. The van der Waals surface area contributed by atoms with Gasteiger partial charge in [0.25, 0.3) is 5.91 Å². The standard InChI is InChI=1S/C18H12Br2N2O3S/c19-13-2-6-15(7-3-13)22-18(23)12-1-10-17(21-11-12)26(24,25)16-8-4-14(20)5-9-16/h1-11H,(H,22,23). The van der Waals surface area contributed by atoms with E-state index in [1.54, 1.807) is 24.3 Å². The van der Waals surface area contributed by atoms with Crippen LogP contribution in [0.4, 0.5) is 5.69 Å². The van der Waals surface area contributed by atoms with E-state index in [0.717, 1.165) is 8.95 Å². The fraction of sp³-hybridized carbons (Fsp3) is 0. The minimum absolute atomic E-state index is 0.111.